The highest BCUT2D eigenvalue weighted by Crippen LogP contribution is 2.17. The molecule has 0 aliphatic heterocycles. The number of hydrogen-bond donors (Lipinski definition) is 4. The first kappa shape index (κ1) is 11.9. The van der Waals surface area contributed by atoms with E-state index in [1.165, 1.54) is 24.4 Å². The third-order valence-corrected chi connectivity index (χ3v) is 1.73. The van der Waals surface area contributed by atoms with Crippen LogP contribution in [-0.4, -0.2) is 27.5 Å². The Bertz CT molecular complexity index is 459. The Morgan fingerprint density at radius 2 is 2.25 bits per heavy atom. The number of aromatic carboxylic acids is 1. The SMILES string of the molecule is NC(=S)N/N=C\c1ccc(O)c(C(=O)O)c1. The summed E-state index contributed by atoms with van der Waals surface area (Å²) in [5.41, 5.74) is 7.76. The molecule has 0 aromatic heterocycles. The van der Waals surface area contributed by atoms with Crippen LogP contribution < -0.4 is 11.2 Å². The summed E-state index contributed by atoms with van der Waals surface area (Å²) in [4.78, 5) is 10.7. The summed E-state index contributed by atoms with van der Waals surface area (Å²) < 4.78 is 0. The number of carboxylic acids is 1. The number of nitrogens with two attached hydrogens (primary N) is 1. The lowest BCUT2D eigenvalue weighted by Crippen LogP contribution is -2.24. The van der Waals surface area contributed by atoms with E-state index in [2.05, 4.69) is 22.7 Å². The van der Waals surface area contributed by atoms with Crippen LogP contribution >= 0.6 is 12.2 Å². The van der Waals surface area contributed by atoms with E-state index in [9.17, 15) is 9.90 Å². The lowest BCUT2D eigenvalue weighted by molar-refractivity contribution is 0.0693. The van der Waals surface area contributed by atoms with Crippen molar-refractivity contribution >= 4 is 29.5 Å². The minimum absolute atomic E-state index is 0.00786. The van der Waals surface area contributed by atoms with Crippen LogP contribution in [0.2, 0.25) is 0 Å². The number of hydrazone groups is 1. The molecule has 0 atom stereocenters. The number of rotatable bonds is 3. The Balaban J connectivity index is 2.91. The molecule has 0 fully saturated rings. The Morgan fingerprint density at radius 1 is 1.56 bits per heavy atom. The third kappa shape index (κ3) is 3.21. The largest absolute Gasteiger partial charge is 0.507 e. The molecule has 0 aliphatic rings. The molecule has 0 bridgehead atoms. The summed E-state index contributed by atoms with van der Waals surface area (Å²) >= 11 is 4.52. The first-order valence-electron chi connectivity index (χ1n) is 4.15. The van der Waals surface area contributed by atoms with E-state index < -0.39 is 5.97 Å². The van der Waals surface area contributed by atoms with Crippen molar-refractivity contribution in [2.45, 2.75) is 0 Å². The molecule has 0 saturated heterocycles. The fraction of sp³-hybridized carbons (Fsp3) is 0. The molecule has 7 heteroatoms. The molecule has 0 radical (unpaired) electrons. The Morgan fingerprint density at radius 3 is 2.81 bits per heavy atom. The molecular formula is C9H9N3O3S. The quantitative estimate of drug-likeness (QED) is 0.342. The molecule has 6 nitrogen and oxygen atoms in total. The summed E-state index contributed by atoms with van der Waals surface area (Å²) in [6.07, 6.45) is 1.34. The van der Waals surface area contributed by atoms with Crippen LogP contribution in [0, 0.1) is 0 Å². The van der Waals surface area contributed by atoms with E-state index in [4.69, 9.17) is 10.8 Å². The fourth-order valence-corrected chi connectivity index (χ4v) is 1.03. The maximum Gasteiger partial charge on any atom is 0.339 e. The molecule has 0 saturated carbocycles. The molecule has 1 aromatic rings. The standard InChI is InChI=1S/C9H9N3O3S/c10-9(16)12-11-4-5-1-2-7(13)6(3-5)8(14)15/h1-4,13H,(H,14,15)(H3,10,12,16)/b11-4-. The summed E-state index contributed by atoms with van der Waals surface area (Å²) in [5, 5.41) is 21.6. The van der Waals surface area contributed by atoms with Gasteiger partial charge in [0.1, 0.15) is 11.3 Å². The zero-order chi connectivity index (χ0) is 12.1. The van der Waals surface area contributed by atoms with Crippen molar-refractivity contribution in [2.75, 3.05) is 0 Å². The van der Waals surface area contributed by atoms with Gasteiger partial charge in [-0.1, -0.05) is 0 Å². The Hall–Kier alpha value is -2.15. The van der Waals surface area contributed by atoms with Gasteiger partial charge in [-0.25, -0.2) is 4.79 Å². The van der Waals surface area contributed by atoms with Crippen molar-refractivity contribution in [2.24, 2.45) is 10.8 Å². The van der Waals surface area contributed by atoms with Crippen LogP contribution in [0.25, 0.3) is 0 Å². The molecule has 0 heterocycles. The van der Waals surface area contributed by atoms with Gasteiger partial charge in [0.25, 0.3) is 0 Å². The molecule has 5 N–H and O–H groups in total. The molecule has 0 unspecified atom stereocenters. The second-order valence-electron chi connectivity index (χ2n) is 2.82. The summed E-state index contributed by atoms with van der Waals surface area (Å²) in [5.74, 6) is -1.51. The smallest absolute Gasteiger partial charge is 0.339 e. The second kappa shape index (κ2) is 5.08. The number of carbonyl (C=O) groups is 1. The van der Waals surface area contributed by atoms with Crippen molar-refractivity contribution in [3.63, 3.8) is 0 Å². The number of carboxylic acid groups (broad SMARTS) is 1. The maximum atomic E-state index is 10.7. The topological polar surface area (TPSA) is 108 Å². The van der Waals surface area contributed by atoms with Crippen LogP contribution in [0.1, 0.15) is 15.9 Å². The van der Waals surface area contributed by atoms with Gasteiger partial charge in [0.2, 0.25) is 0 Å². The van der Waals surface area contributed by atoms with Gasteiger partial charge < -0.3 is 15.9 Å². The van der Waals surface area contributed by atoms with Crippen molar-refractivity contribution in [3.05, 3.63) is 29.3 Å². The highest BCUT2D eigenvalue weighted by Gasteiger charge is 2.08. The zero-order valence-corrected chi connectivity index (χ0v) is 8.86. The number of nitrogens with one attached hydrogen (secondary N) is 1. The number of benzene rings is 1. The van der Waals surface area contributed by atoms with Crippen LogP contribution in [0.4, 0.5) is 0 Å². The molecule has 16 heavy (non-hydrogen) atoms. The zero-order valence-electron chi connectivity index (χ0n) is 8.04. The summed E-state index contributed by atoms with van der Waals surface area (Å²) in [6, 6.07) is 4.06. The van der Waals surface area contributed by atoms with E-state index in [1.54, 1.807) is 0 Å². The van der Waals surface area contributed by atoms with E-state index >= 15 is 0 Å². The molecule has 0 amide bonds. The number of hydrogen-bond acceptors (Lipinski definition) is 4. The third-order valence-electron chi connectivity index (χ3n) is 1.64. The average molecular weight is 239 g/mol. The van der Waals surface area contributed by atoms with Crippen LogP contribution in [0.3, 0.4) is 0 Å². The minimum Gasteiger partial charge on any atom is -0.507 e. The van der Waals surface area contributed by atoms with Gasteiger partial charge in [0.15, 0.2) is 5.11 Å². The van der Waals surface area contributed by atoms with E-state index in [0.717, 1.165) is 0 Å². The highest BCUT2D eigenvalue weighted by atomic mass is 32.1. The number of thiocarbonyl (C=S) groups is 1. The van der Waals surface area contributed by atoms with Gasteiger partial charge in [-0.2, -0.15) is 5.10 Å². The van der Waals surface area contributed by atoms with Gasteiger partial charge in [0.05, 0.1) is 6.21 Å². The van der Waals surface area contributed by atoms with Crippen LogP contribution in [-0.2, 0) is 0 Å². The minimum atomic E-state index is -1.21. The van der Waals surface area contributed by atoms with Crippen molar-refractivity contribution in [3.8, 4) is 5.75 Å². The van der Waals surface area contributed by atoms with Crippen molar-refractivity contribution in [1.82, 2.24) is 5.43 Å². The number of aromatic hydroxyl groups is 1. The van der Waals surface area contributed by atoms with Crippen molar-refractivity contribution in [1.29, 1.82) is 0 Å². The monoisotopic (exact) mass is 239 g/mol. The predicted molar refractivity (Wildman–Crippen MR) is 62.6 cm³/mol. The molecule has 1 aromatic carbocycles. The van der Waals surface area contributed by atoms with E-state index in [0.29, 0.717) is 5.56 Å². The number of nitrogens with zero attached hydrogens (tertiary/aromatic N) is 1. The summed E-state index contributed by atoms with van der Waals surface area (Å²) in [7, 11) is 0. The van der Waals surface area contributed by atoms with E-state index in [-0.39, 0.29) is 16.4 Å². The Labute approximate surface area is 96.4 Å². The van der Waals surface area contributed by atoms with Gasteiger partial charge in [-0.05, 0) is 36.0 Å². The molecule has 84 valence electrons. The highest BCUT2D eigenvalue weighted by molar-refractivity contribution is 7.80. The fourth-order valence-electron chi connectivity index (χ4n) is 0.976. The first-order chi connectivity index (χ1) is 7.50. The molecule has 1 rings (SSSR count). The van der Waals surface area contributed by atoms with Gasteiger partial charge in [0, 0.05) is 0 Å². The Kier molecular flexibility index (Phi) is 3.78. The predicted octanol–water partition coefficient (Wildman–Crippen LogP) is 0.258. The maximum absolute atomic E-state index is 10.7. The molecular weight excluding hydrogens is 230 g/mol. The first-order valence-corrected chi connectivity index (χ1v) is 4.56. The lowest BCUT2D eigenvalue weighted by atomic mass is 10.1. The van der Waals surface area contributed by atoms with E-state index in [1.807, 2.05) is 0 Å². The molecule has 0 spiro atoms. The second-order valence-corrected chi connectivity index (χ2v) is 3.26. The van der Waals surface area contributed by atoms with Crippen LogP contribution in [0.15, 0.2) is 23.3 Å². The summed E-state index contributed by atoms with van der Waals surface area (Å²) in [6.45, 7) is 0. The van der Waals surface area contributed by atoms with Crippen LogP contribution in [0.5, 0.6) is 5.75 Å². The lowest BCUT2D eigenvalue weighted by Gasteiger charge is -2.00. The normalized spacial score (nSPS) is 10.2. The molecule has 0 aliphatic carbocycles. The van der Waals surface area contributed by atoms with Gasteiger partial charge in [-0.3, -0.25) is 5.43 Å². The van der Waals surface area contributed by atoms with Gasteiger partial charge >= 0.3 is 5.97 Å². The van der Waals surface area contributed by atoms with Gasteiger partial charge in [-0.15, -0.1) is 0 Å². The number of phenols is 1. The van der Waals surface area contributed by atoms with Crippen molar-refractivity contribution < 1.29 is 15.0 Å². The average Bonchev–Trinajstić information content (AvgIpc) is 2.19.